The van der Waals surface area contributed by atoms with E-state index in [-0.39, 0.29) is 25.3 Å². The van der Waals surface area contributed by atoms with Gasteiger partial charge >= 0.3 is 12.1 Å². The number of fused-ring (bicyclic) bond motifs is 3. The number of ether oxygens (including phenoxy) is 3. The summed E-state index contributed by atoms with van der Waals surface area (Å²) in [7, 11) is 1.57. The first-order valence-corrected chi connectivity index (χ1v) is 17.0. The van der Waals surface area contributed by atoms with Crippen LogP contribution in [0.3, 0.4) is 0 Å². The van der Waals surface area contributed by atoms with Crippen molar-refractivity contribution in [3.05, 3.63) is 54.9 Å². The van der Waals surface area contributed by atoms with Gasteiger partial charge in [0.25, 0.3) is 0 Å². The fourth-order valence-corrected chi connectivity index (χ4v) is 6.69. The fraction of sp³-hybridized carbons (Fsp3) is 0.500. The minimum absolute atomic E-state index is 0.0178. The molecule has 3 amide bonds. The van der Waals surface area contributed by atoms with E-state index < -0.39 is 53.2 Å². The molecular formula is C36H44N6O8. The highest BCUT2D eigenvalue weighted by Gasteiger charge is 2.61. The van der Waals surface area contributed by atoms with Crippen molar-refractivity contribution >= 4 is 34.8 Å². The minimum Gasteiger partial charge on any atom is -0.497 e. The molecule has 14 nitrogen and oxygen atoms in total. The first-order valence-electron chi connectivity index (χ1n) is 17.0. The van der Waals surface area contributed by atoms with Crippen LogP contribution < -0.4 is 20.1 Å². The fourth-order valence-electron chi connectivity index (χ4n) is 6.69. The Hall–Kier alpha value is -5.14. The molecule has 266 valence electrons. The molecular weight excluding hydrogens is 644 g/mol. The summed E-state index contributed by atoms with van der Waals surface area (Å²) in [4.78, 5) is 59.9. The van der Waals surface area contributed by atoms with E-state index in [2.05, 4.69) is 15.7 Å². The molecule has 14 heteroatoms. The zero-order valence-electron chi connectivity index (χ0n) is 28.8. The number of hydrogen-bond donors (Lipinski definition) is 3. The third-order valence-electron chi connectivity index (χ3n) is 9.31. The number of pyridine rings is 1. The smallest absolute Gasteiger partial charge is 0.408 e. The SMILES string of the molecule is COc1ccc2c(O[C@@H]3CC4C(=O)NC5(C(=O)O)CC5/C=C\CCCCCC(NC(=O)OC(C)(C)C)C(=O)N4C3)cc(-n3cccn3)nc2c1. The molecule has 1 aromatic carbocycles. The van der Waals surface area contributed by atoms with Gasteiger partial charge in [0.15, 0.2) is 5.82 Å². The highest BCUT2D eigenvalue weighted by atomic mass is 16.6. The summed E-state index contributed by atoms with van der Waals surface area (Å²) >= 11 is 0. The summed E-state index contributed by atoms with van der Waals surface area (Å²) in [5.74, 6) is -0.973. The Bertz CT molecular complexity index is 1790. The highest BCUT2D eigenvalue weighted by Crippen LogP contribution is 2.45. The number of nitrogens with one attached hydrogen (secondary N) is 2. The lowest BCUT2D eigenvalue weighted by Crippen LogP contribution is -2.56. The summed E-state index contributed by atoms with van der Waals surface area (Å²) in [6, 6.07) is 6.89. The molecule has 0 radical (unpaired) electrons. The van der Waals surface area contributed by atoms with Gasteiger partial charge in [0.2, 0.25) is 11.8 Å². The molecule has 5 atom stereocenters. The lowest BCUT2D eigenvalue weighted by molar-refractivity contribution is -0.145. The first kappa shape index (κ1) is 34.7. The van der Waals surface area contributed by atoms with Crippen molar-refractivity contribution in [1.82, 2.24) is 30.3 Å². The van der Waals surface area contributed by atoms with Gasteiger partial charge in [-0.25, -0.2) is 19.3 Å². The van der Waals surface area contributed by atoms with Gasteiger partial charge in [0.05, 0.1) is 19.2 Å². The van der Waals surface area contributed by atoms with E-state index in [1.165, 1.54) is 4.90 Å². The maximum absolute atomic E-state index is 14.4. The Morgan fingerprint density at radius 3 is 2.68 bits per heavy atom. The van der Waals surface area contributed by atoms with E-state index >= 15 is 0 Å². The number of nitrogens with zero attached hydrogens (tertiary/aromatic N) is 4. The second-order valence-corrected chi connectivity index (χ2v) is 14.1. The van der Waals surface area contributed by atoms with Crippen molar-refractivity contribution in [2.45, 2.75) is 95.0 Å². The normalized spacial score (nSPS) is 26.4. The molecule has 0 spiro atoms. The molecule has 4 heterocycles. The van der Waals surface area contributed by atoms with Crippen LogP contribution in [0.15, 0.2) is 54.9 Å². The molecule has 1 aliphatic carbocycles. The molecule has 3 aromatic rings. The Kier molecular flexibility index (Phi) is 9.72. The summed E-state index contributed by atoms with van der Waals surface area (Å²) < 4.78 is 19.1. The van der Waals surface area contributed by atoms with Crippen molar-refractivity contribution in [2.24, 2.45) is 5.92 Å². The predicted octanol–water partition coefficient (Wildman–Crippen LogP) is 4.15. The average Bonchev–Trinajstić information content (AvgIpc) is 3.38. The number of aromatic nitrogens is 3. The summed E-state index contributed by atoms with van der Waals surface area (Å²) in [6.45, 7) is 5.23. The maximum Gasteiger partial charge on any atom is 0.408 e. The number of carboxylic acids is 1. The van der Waals surface area contributed by atoms with Gasteiger partial charge in [-0.05, 0) is 64.7 Å². The van der Waals surface area contributed by atoms with E-state index in [0.29, 0.717) is 41.1 Å². The molecule has 1 saturated heterocycles. The molecule has 2 fully saturated rings. The van der Waals surface area contributed by atoms with Crippen molar-refractivity contribution in [1.29, 1.82) is 0 Å². The van der Waals surface area contributed by atoms with Crippen LogP contribution in [0.2, 0.25) is 0 Å². The van der Waals surface area contributed by atoms with Crippen LogP contribution in [0.5, 0.6) is 11.5 Å². The van der Waals surface area contributed by atoms with E-state index in [9.17, 15) is 24.3 Å². The van der Waals surface area contributed by atoms with Gasteiger partial charge in [-0.2, -0.15) is 5.10 Å². The lowest BCUT2D eigenvalue weighted by atomic mass is 10.0. The third kappa shape index (κ3) is 7.53. The summed E-state index contributed by atoms with van der Waals surface area (Å²) in [5.41, 5.74) is -1.65. The first-order chi connectivity index (χ1) is 23.9. The Labute approximate surface area is 290 Å². The number of allylic oxidation sites excluding steroid dienone is 1. The largest absolute Gasteiger partial charge is 0.497 e. The van der Waals surface area contributed by atoms with Gasteiger partial charge in [0, 0.05) is 42.3 Å². The molecule has 50 heavy (non-hydrogen) atoms. The van der Waals surface area contributed by atoms with Crippen molar-refractivity contribution in [3.8, 4) is 17.3 Å². The summed E-state index contributed by atoms with van der Waals surface area (Å²) in [6.07, 6.45) is 9.52. The van der Waals surface area contributed by atoms with Crippen LogP contribution in [0.4, 0.5) is 4.79 Å². The highest BCUT2D eigenvalue weighted by molar-refractivity contribution is 5.96. The second-order valence-electron chi connectivity index (χ2n) is 14.1. The van der Waals surface area contributed by atoms with E-state index in [0.717, 1.165) is 19.3 Å². The average molecular weight is 689 g/mol. The van der Waals surface area contributed by atoms with Crippen molar-refractivity contribution in [2.75, 3.05) is 13.7 Å². The topological polar surface area (TPSA) is 174 Å². The number of alkyl carbamates (subject to hydrolysis) is 1. The molecule has 1 saturated carbocycles. The molecule has 3 aliphatic rings. The quantitative estimate of drug-likeness (QED) is 0.319. The molecule has 2 aliphatic heterocycles. The molecule has 2 aromatic heterocycles. The Balaban J connectivity index is 1.34. The molecule has 3 N–H and O–H groups in total. The van der Waals surface area contributed by atoms with Gasteiger partial charge in [0.1, 0.15) is 40.8 Å². The molecule has 0 bridgehead atoms. The number of rotatable bonds is 6. The number of hydrogen-bond acceptors (Lipinski definition) is 9. The van der Waals surface area contributed by atoms with Crippen LogP contribution >= 0.6 is 0 Å². The minimum atomic E-state index is -1.45. The predicted molar refractivity (Wildman–Crippen MR) is 182 cm³/mol. The third-order valence-corrected chi connectivity index (χ3v) is 9.31. The van der Waals surface area contributed by atoms with Gasteiger partial charge in [-0.1, -0.05) is 25.0 Å². The van der Waals surface area contributed by atoms with Gasteiger partial charge in [-0.3, -0.25) is 9.59 Å². The van der Waals surface area contributed by atoms with E-state index in [1.54, 1.807) is 69.2 Å². The molecule has 4 unspecified atom stereocenters. The zero-order valence-corrected chi connectivity index (χ0v) is 28.8. The number of carbonyl (C=O) groups excluding carboxylic acids is 3. The zero-order chi connectivity index (χ0) is 35.6. The maximum atomic E-state index is 14.4. The second kappa shape index (κ2) is 14.0. The number of amides is 3. The number of aliphatic carboxylic acids is 1. The number of carboxylic acid groups (broad SMARTS) is 1. The van der Waals surface area contributed by atoms with Crippen LogP contribution in [-0.4, -0.2) is 91.6 Å². The monoisotopic (exact) mass is 688 g/mol. The number of methoxy groups -OCH3 is 1. The van der Waals surface area contributed by atoms with Crippen LogP contribution in [-0.2, 0) is 19.1 Å². The Morgan fingerprint density at radius 1 is 1.14 bits per heavy atom. The van der Waals surface area contributed by atoms with E-state index in [4.69, 9.17) is 19.2 Å². The van der Waals surface area contributed by atoms with Crippen molar-refractivity contribution < 1.29 is 38.5 Å². The van der Waals surface area contributed by atoms with Gasteiger partial charge < -0.3 is 34.9 Å². The van der Waals surface area contributed by atoms with Crippen molar-refractivity contribution in [3.63, 3.8) is 0 Å². The van der Waals surface area contributed by atoms with Gasteiger partial charge in [-0.15, -0.1) is 0 Å². The summed E-state index contributed by atoms with van der Waals surface area (Å²) in [5, 5.41) is 20.7. The lowest BCUT2D eigenvalue weighted by Gasteiger charge is -2.30. The number of benzene rings is 1. The standard InChI is InChI=1S/C36H44N6O8/c1-35(2,3)50-34(47)39-26-12-9-7-5-6-8-11-22-20-36(22,33(45)46)40-31(43)28-18-24(21-41(28)32(26)44)49-29-19-30(42-16-10-15-37-42)38-27-17-23(48-4)13-14-25(27)29/h8,10-11,13-17,19,22,24,26,28H,5-7,9,12,18,20-21H2,1-4H3,(H,39,47)(H,40,43)(H,45,46)/b11-8-/t22?,24-,26?,28?,36?/m1/s1. The van der Waals surface area contributed by atoms with Crippen LogP contribution in [0, 0.1) is 5.92 Å². The Morgan fingerprint density at radius 2 is 1.96 bits per heavy atom. The van der Waals surface area contributed by atoms with Crippen LogP contribution in [0.25, 0.3) is 16.7 Å². The molecule has 6 rings (SSSR count). The van der Waals surface area contributed by atoms with E-state index in [1.807, 2.05) is 18.2 Å². The number of carbonyl (C=O) groups is 4. The van der Waals surface area contributed by atoms with Crippen LogP contribution in [0.1, 0.15) is 65.7 Å².